The highest BCUT2D eigenvalue weighted by Crippen LogP contribution is 2.40. The fourth-order valence-corrected chi connectivity index (χ4v) is 2.08. The van der Waals surface area contributed by atoms with Crippen LogP contribution in [-0.4, -0.2) is 9.97 Å². The van der Waals surface area contributed by atoms with Gasteiger partial charge in [-0.15, -0.1) is 0 Å². The van der Waals surface area contributed by atoms with E-state index in [0.29, 0.717) is 34.6 Å². The first kappa shape index (κ1) is 13.8. The van der Waals surface area contributed by atoms with Crippen LogP contribution in [0.5, 0.6) is 11.6 Å². The second kappa shape index (κ2) is 5.29. The summed E-state index contributed by atoms with van der Waals surface area (Å²) in [5, 5.41) is 0. The minimum atomic E-state index is -0.384. The van der Waals surface area contributed by atoms with Gasteiger partial charge in [0, 0.05) is 5.92 Å². The Balaban J connectivity index is 2.01. The predicted octanol–water partition coefficient (Wildman–Crippen LogP) is 3.19. The van der Waals surface area contributed by atoms with Crippen molar-refractivity contribution in [2.24, 2.45) is 5.84 Å². The van der Waals surface area contributed by atoms with Gasteiger partial charge in [-0.25, -0.2) is 15.2 Å². The maximum absolute atomic E-state index is 14.1. The van der Waals surface area contributed by atoms with Gasteiger partial charge in [0.05, 0.1) is 5.56 Å². The monoisotopic (exact) mass is 288 g/mol. The van der Waals surface area contributed by atoms with Gasteiger partial charge in [0.2, 0.25) is 5.88 Å². The van der Waals surface area contributed by atoms with Crippen LogP contribution >= 0.6 is 0 Å². The van der Waals surface area contributed by atoms with Crippen LogP contribution in [0, 0.1) is 19.7 Å². The summed E-state index contributed by atoms with van der Waals surface area (Å²) in [6, 6.07) is 5.02. The normalized spacial score (nSPS) is 14.1. The molecular weight excluding hydrogens is 271 g/mol. The van der Waals surface area contributed by atoms with E-state index in [0.717, 1.165) is 12.8 Å². The van der Waals surface area contributed by atoms with Crippen molar-refractivity contribution in [2.45, 2.75) is 32.6 Å². The number of anilines is 1. The Morgan fingerprint density at radius 1 is 1.29 bits per heavy atom. The first-order valence-electron chi connectivity index (χ1n) is 6.88. The highest BCUT2D eigenvalue weighted by Gasteiger charge is 2.28. The third kappa shape index (κ3) is 2.67. The Labute approximate surface area is 122 Å². The minimum absolute atomic E-state index is 0.154. The molecule has 110 valence electrons. The molecule has 0 spiro atoms. The fourth-order valence-electron chi connectivity index (χ4n) is 2.08. The van der Waals surface area contributed by atoms with Gasteiger partial charge in [0.25, 0.3) is 0 Å². The summed E-state index contributed by atoms with van der Waals surface area (Å²) in [4.78, 5) is 8.79. The summed E-state index contributed by atoms with van der Waals surface area (Å²) in [6.07, 6.45) is 2.12. The number of aryl methyl sites for hydroxylation is 1. The van der Waals surface area contributed by atoms with Gasteiger partial charge >= 0.3 is 0 Å². The van der Waals surface area contributed by atoms with E-state index in [1.165, 1.54) is 0 Å². The number of ether oxygens (including phenoxy) is 1. The summed E-state index contributed by atoms with van der Waals surface area (Å²) in [6.45, 7) is 3.48. The average Bonchev–Trinajstić information content (AvgIpc) is 3.30. The lowest BCUT2D eigenvalue weighted by Crippen LogP contribution is -2.13. The molecule has 0 aliphatic heterocycles. The van der Waals surface area contributed by atoms with Crippen LogP contribution in [0.3, 0.4) is 0 Å². The first-order chi connectivity index (χ1) is 10.1. The molecule has 1 fully saturated rings. The van der Waals surface area contributed by atoms with Gasteiger partial charge in [-0.05, 0) is 38.3 Å². The lowest BCUT2D eigenvalue weighted by atomic mass is 10.2. The zero-order valence-corrected chi connectivity index (χ0v) is 12.0. The van der Waals surface area contributed by atoms with Crippen molar-refractivity contribution in [3.63, 3.8) is 0 Å². The summed E-state index contributed by atoms with van der Waals surface area (Å²) in [5.74, 6) is 7.14. The van der Waals surface area contributed by atoms with Gasteiger partial charge in [0.15, 0.2) is 17.4 Å². The quantitative estimate of drug-likeness (QED) is 0.667. The lowest BCUT2D eigenvalue weighted by Gasteiger charge is -2.13. The summed E-state index contributed by atoms with van der Waals surface area (Å²) < 4.78 is 19.7. The van der Waals surface area contributed by atoms with Gasteiger partial charge in [0.1, 0.15) is 5.82 Å². The van der Waals surface area contributed by atoms with Crippen LogP contribution < -0.4 is 16.0 Å². The Morgan fingerprint density at radius 3 is 2.71 bits per heavy atom. The molecule has 0 amide bonds. The Bertz CT molecular complexity index is 686. The molecule has 0 atom stereocenters. The van der Waals surface area contributed by atoms with Crippen LogP contribution in [0.25, 0.3) is 0 Å². The highest BCUT2D eigenvalue weighted by atomic mass is 19.1. The van der Waals surface area contributed by atoms with Crippen LogP contribution in [0.2, 0.25) is 0 Å². The van der Waals surface area contributed by atoms with Crippen molar-refractivity contribution < 1.29 is 9.13 Å². The van der Waals surface area contributed by atoms with Crippen molar-refractivity contribution in [3.8, 4) is 11.6 Å². The number of hydrazine groups is 1. The first-order valence-corrected chi connectivity index (χ1v) is 6.88. The molecule has 1 aliphatic carbocycles. The molecule has 1 heterocycles. The van der Waals surface area contributed by atoms with Crippen LogP contribution in [0.15, 0.2) is 18.2 Å². The van der Waals surface area contributed by atoms with Crippen LogP contribution in [0.4, 0.5) is 10.2 Å². The molecule has 1 aliphatic rings. The van der Waals surface area contributed by atoms with Crippen molar-refractivity contribution in [1.29, 1.82) is 0 Å². The highest BCUT2D eigenvalue weighted by molar-refractivity contribution is 5.49. The van der Waals surface area contributed by atoms with E-state index in [1.54, 1.807) is 32.0 Å². The molecule has 1 aromatic heterocycles. The van der Waals surface area contributed by atoms with Crippen LogP contribution in [-0.2, 0) is 0 Å². The van der Waals surface area contributed by atoms with E-state index in [2.05, 4.69) is 15.4 Å². The van der Waals surface area contributed by atoms with E-state index >= 15 is 0 Å². The van der Waals surface area contributed by atoms with Gasteiger partial charge < -0.3 is 10.2 Å². The van der Waals surface area contributed by atoms with Crippen molar-refractivity contribution in [1.82, 2.24) is 9.97 Å². The summed E-state index contributed by atoms with van der Waals surface area (Å²) in [5.41, 5.74) is 3.73. The second-order valence-electron chi connectivity index (χ2n) is 5.27. The molecule has 0 unspecified atom stereocenters. The Hall–Kier alpha value is -2.21. The van der Waals surface area contributed by atoms with Crippen LogP contribution in [0.1, 0.15) is 35.7 Å². The number of halogens is 1. The minimum Gasteiger partial charge on any atom is -0.435 e. The summed E-state index contributed by atoms with van der Waals surface area (Å²) in [7, 11) is 0. The number of nitrogens with two attached hydrogens (primary N) is 1. The number of aromatic nitrogens is 2. The van der Waals surface area contributed by atoms with Crippen molar-refractivity contribution in [2.75, 3.05) is 5.43 Å². The second-order valence-corrected chi connectivity index (χ2v) is 5.27. The molecule has 2 aromatic rings. The Kier molecular flexibility index (Phi) is 3.47. The van der Waals surface area contributed by atoms with Crippen molar-refractivity contribution in [3.05, 3.63) is 41.0 Å². The largest absolute Gasteiger partial charge is 0.435 e. The number of hydrogen-bond donors (Lipinski definition) is 2. The molecule has 1 aromatic carbocycles. The number of benzene rings is 1. The molecule has 6 heteroatoms. The number of nitrogens with one attached hydrogen (secondary N) is 1. The van der Waals surface area contributed by atoms with E-state index in [4.69, 9.17) is 10.6 Å². The number of nitrogen functional groups attached to an aromatic ring is 1. The molecule has 3 rings (SSSR count). The topological polar surface area (TPSA) is 73.1 Å². The zero-order valence-electron chi connectivity index (χ0n) is 12.0. The molecule has 3 N–H and O–H groups in total. The smallest absolute Gasteiger partial charge is 0.227 e. The predicted molar refractivity (Wildman–Crippen MR) is 77.8 cm³/mol. The molecular formula is C15H17FN4O. The van der Waals surface area contributed by atoms with E-state index in [9.17, 15) is 4.39 Å². The number of hydrogen-bond acceptors (Lipinski definition) is 5. The third-order valence-corrected chi connectivity index (χ3v) is 3.56. The van der Waals surface area contributed by atoms with Gasteiger partial charge in [-0.1, -0.05) is 12.1 Å². The number of rotatable bonds is 4. The molecule has 0 bridgehead atoms. The van der Waals surface area contributed by atoms with Crippen molar-refractivity contribution >= 4 is 5.82 Å². The van der Waals surface area contributed by atoms with E-state index in [-0.39, 0.29) is 11.6 Å². The molecule has 21 heavy (non-hydrogen) atoms. The molecule has 0 saturated heterocycles. The molecule has 5 nitrogen and oxygen atoms in total. The average molecular weight is 288 g/mol. The maximum atomic E-state index is 14.1. The van der Waals surface area contributed by atoms with E-state index in [1.807, 2.05) is 0 Å². The third-order valence-electron chi connectivity index (χ3n) is 3.56. The van der Waals surface area contributed by atoms with Gasteiger partial charge in [-0.3, -0.25) is 0 Å². The fraction of sp³-hybridized carbons (Fsp3) is 0.333. The van der Waals surface area contributed by atoms with Gasteiger partial charge in [-0.2, -0.15) is 4.98 Å². The lowest BCUT2D eigenvalue weighted by molar-refractivity contribution is 0.420. The SMILES string of the molecule is Cc1cccc(Oc2nc(C3CC3)nc(NN)c2C)c1F. The summed E-state index contributed by atoms with van der Waals surface area (Å²) >= 11 is 0. The Morgan fingerprint density at radius 2 is 2.05 bits per heavy atom. The maximum Gasteiger partial charge on any atom is 0.227 e. The standard InChI is InChI=1S/C15H17FN4O/c1-8-4-3-5-11(12(8)16)21-15-9(2)13(20-17)18-14(19-15)10-6-7-10/h3-5,10H,6-7,17H2,1-2H3,(H,18,19,20). The molecule has 1 saturated carbocycles. The van der Waals surface area contributed by atoms with E-state index < -0.39 is 0 Å². The zero-order chi connectivity index (χ0) is 15.0. The molecule has 0 radical (unpaired) electrons. The number of nitrogens with zero attached hydrogens (tertiary/aromatic N) is 2.